The van der Waals surface area contributed by atoms with E-state index in [1.165, 1.54) is 4.31 Å². The van der Waals surface area contributed by atoms with Gasteiger partial charge in [-0.1, -0.05) is 59.6 Å². The zero-order valence-electron chi connectivity index (χ0n) is 14.7. The molecule has 5 heteroatoms. The van der Waals surface area contributed by atoms with Gasteiger partial charge in [0.1, 0.15) is 0 Å². The predicted molar refractivity (Wildman–Crippen MR) is 107 cm³/mol. The Morgan fingerprint density at radius 2 is 1.54 bits per heavy atom. The van der Waals surface area contributed by atoms with Crippen molar-refractivity contribution in [3.05, 3.63) is 94.5 Å². The molecule has 134 valence electrons. The van der Waals surface area contributed by atoms with Crippen molar-refractivity contribution in [1.82, 2.24) is 0 Å². The third kappa shape index (κ3) is 3.92. The Morgan fingerprint density at radius 1 is 0.885 bits per heavy atom. The molecule has 0 spiro atoms. The van der Waals surface area contributed by atoms with E-state index in [1.54, 1.807) is 42.5 Å². The molecule has 0 amide bonds. The second-order valence-corrected chi connectivity index (χ2v) is 8.54. The van der Waals surface area contributed by atoms with Gasteiger partial charge in [-0.05, 0) is 55.3 Å². The quantitative estimate of drug-likeness (QED) is 0.593. The molecule has 0 radical (unpaired) electrons. The van der Waals surface area contributed by atoms with Crippen LogP contribution >= 0.6 is 11.6 Å². The average Bonchev–Trinajstić information content (AvgIpc) is 2.62. The zero-order chi connectivity index (χ0) is 18.7. The van der Waals surface area contributed by atoms with Gasteiger partial charge in [0.2, 0.25) is 0 Å². The van der Waals surface area contributed by atoms with Crippen LogP contribution in [0.25, 0.3) is 0 Å². The molecule has 3 nitrogen and oxygen atoms in total. The Bertz CT molecular complexity index is 1000. The van der Waals surface area contributed by atoms with E-state index in [1.807, 2.05) is 44.2 Å². The van der Waals surface area contributed by atoms with Gasteiger partial charge in [0.25, 0.3) is 10.0 Å². The van der Waals surface area contributed by atoms with Gasteiger partial charge in [0.15, 0.2) is 0 Å². The van der Waals surface area contributed by atoms with Crippen molar-refractivity contribution in [3.8, 4) is 0 Å². The van der Waals surface area contributed by atoms with Gasteiger partial charge >= 0.3 is 0 Å². The second kappa shape index (κ2) is 7.52. The highest BCUT2D eigenvalue weighted by atomic mass is 35.5. The Morgan fingerprint density at radius 3 is 2.15 bits per heavy atom. The van der Waals surface area contributed by atoms with Crippen LogP contribution in [0.5, 0.6) is 0 Å². The fourth-order valence-electron chi connectivity index (χ4n) is 2.86. The van der Waals surface area contributed by atoms with Crippen LogP contribution in [0, 0.1) is 13.8 Å². The summed E-state index contributed by atoms with van der Waals surface area (Å²) in [5, 5.41) is 0.623. The molecule has 0 heterocycles. The van der Waals surface area contributed by atoms with E-state index in [9.17, 15) is 8.42 Å². The maximum absolute atomic E-state index is 13.3. The number of aryl methyl sites for hydroxylation is 2. The summed E-state index contributed by atoms with van der Waals surface area (Å²) in [6.45, 7) is 4.15. The molecule has 0 aromatic heterocycles. The molecule has 0 unspecified atom stereocenters. The van der Waals surface area contributed by atoms with Crippen molar-refractivity contribution in [1.29, 1.82) is 0 Å². The number of nitrogens with zero attached hydrogens (tertiary/aromatic N) is 1. The molecule has 3 aromatic rings. The lowest BCUT2D eigenvalue weighted by atomic mass is 10.1. The van der Waals surface area contributed by atoms with E-state index in [0.29, 0.717) is 10.7 Å². The third-order valence-corrected chi connectivity index (χ3v) is 6.22. The van der Waals surface area contributed by atoms with Gasteiger partial charge in [0, 0.05) is 5.02 Å². The van der Waals surface area contributed by atoms with Crippen LogP contribution in [0.3, 0.4) is 0 Å². The fourth-order valence-corrected chi connectivity index (χ4v) is 4.52. The summed E-state index contributed by atoms with van der Waals surface area (Å²) < 4.78 is 28.1. The first-order valence-corrected chi connectivity index (χ1v) is 10.1. The molecule has 0 bridgehead atoms. The number of halogens is 1. The lowest BCUT2D eigenvalue weighted by Crippen LogP contribution is -2.31. The van der Waals surface area contributed by atoms with E-state index in [0.717, 1.165) is 16.7 Å². The number of anilines is 1. The van der Waals surface area contributed by atoms with E-state index >= 15 is 0 Å². The number of rotatable bonds is 5. The maximum atomic E-state index is 13.3. The Hall–Kier alpha value is -2.30. The highest BCUT2D eigenvalue weighted by Gasteiger charge is 2.26. The summed E-state index contributed by atoms with van der Waals surface area (Å²) in [6, 6.07) is 21.5. The largest absolute Gasteiger partial charge is 0.264 e. The molecule has 0 fully saturated rings. The normalized spacial score (nSPS) is 11.3. The van der Waals surface area contributed by atoms with Crippen molar-refractivity contribution >= 4 is 27.3 Å². The first-order valence-electron chi connectivity index (χ1n) is 8.27. The van der Waals surface area contributed by atoms with Crippen molar-refractivity contribution in [3.63, 3.8) is 0 Å². The number of sulfonamides is 1. The first-order chi connectivity index (χ1) is 12.4. The van der Waals surface area contributed by atoms with Crippen molar-refractivity contribution in [2.24, 2.45) is 0 Å². The van der Waals surface area contributed by atoms with Gasteiger partial charge in [0.05, 0.1) is 17.1 Å². The summed E-state index contributed by atoms with van der Waals surface area (Å²) in [5.74, 6) is 0. The van der Waals surface area contributed by atoms with Crippen LogP contribution in [0.2, 0.25) is 5.02 Å². The minimum absolute atomic E-state index is 0.234. The molecule has 3 rings (SSSR count). The van der Waals surface area contributed by atoms with E-state index in [-0.39, 0.29) is 11.4 Å². The summed E-state index contributed by atoms with van der Waals surface area (Å²) in [4.78, 5) is 0.272. The van der Waals surface area contributed by atoms with E-state index < -0.39 is 10.0 Å². The molecule has 0 aliphatic rings. The van der Waals surface area contributed by atoms with Gasteiger partial charge in [-0.3, -0.25) is 4.31 Å². The number of benzene rings is 3. The summed E-state index contributed by atoms with van der Waals surface area (Å²) in [5.41, 5.74) is 3.55. The predicted octanol–water partition coefficient (Wildman–Crippen LogP) is 5.35. The van der Waals surface area contributed by atoms with Crippen LogP contribution in [0.15, 0.2) is 77.7 Å². The maximum Gasteiger partial charge on any atom is 0.264 e. The first kappa shape index (κ1) is 18.5. The SMILES string of the molecule is Cc1ccc(N(Cc2ccc(Cl)cc2)S(=O)(=O)c2ccccc2)c(C)c1. The van der Waals surface area contributed by atoms with Gasteiger partial charge in [-0.2, -0.15) is 0 Å². The Labute approximate surface area is 159 Å². The topological polar surface area (TPSA) is 37.4 Å². The molecule has 3 aromatic carbocycles. The molecule has 0 N–H and O–H groups in total. The summed E-state index contributed by atoms with van der Waals surface area (Å²) in [6.07, 6.45) is 0. The minimum atomic E-state index is -3.70. The highest BCUT2D eigenvalue weighted by molar-refractivity contribution is 7.92. The fraction of sp³-hybridized carbons (Fsp3) is 0.143. The molecule has 0 saturated heterocycles. The van der Waals surface area contributed by atoms with Crippen LogP contribution in [0.4, 0.5) is 5.69 Å². The monoisotopic (exact) mass is 385 g/mol. The summed E-state index contributed by atoms with van der Waals surface area (Å²) in [7, 11) is -3.70. The molecular formula is C21H20ClNO2S. The molecule has 0 atom stereocenters. The van der Waals surface area contributed by atoms with Crippen LogP contribution in [0.1, 0.15) is 16.7 Å². The number of hydrogen-bond donors (Lipinski definition) is 0. The zero-order valence-corrected chi connectivity index (χ0v) is 16.3. The van der Waals surface area contributed by atoms with Crippen LogP contribution < -0.4 is 4.31 Å². The average molecular weight is 386 g/mol. The molecule has 0 aliphatic carbocycles. The van der Waals surface area contributed by atoms with Crippen molar-refractivity contribution < 1.29 is 8.42 Å². The molecule has 0 saturated carbocycles. The standard InChI is InChI=1S/C21H20ClNO2S/c1-16-8-13-21(17(2)14-16)23(15-18-9-11-19(22)12-10-18)26(24,25)20-6-4-3-5-7-20/h3-14H,15H2,1-2H3. The van der Waals surface area contributed by atoms with Gasteiger partial charge in [-0.25, -0.2) is 8.42 Å². The second-order valence-electron chi connectivity index (χ2n) is 6.24. The van der Waals surface area contributed by atoms with Crippen LogP contribution in [-0.4, -0.2) is 8.42 Å². The Kier molecular flexibility index (Phi) is 5.35. The van der Waals surface area contributed by atoms with Gasteiger partial charge < -0.3 is 0 Å². The molecular weight excluding hydrogens is 366 g/mol. The Balaban J connectivity index is 2.11. The van der Waals surface area contributed by atoms with E-state index in [2.05, 4.69) is 0 Å². The molecule has 0 aliphatic heterocycles. The van der Waals surface area contributed by atoms with E-state index in [4.69, 9.17) is 11.6 Å². The van der Waals surface area contributed by atoms with Crippen molar-refractivity contribution in [2.75, 3.05) is 4.31 Å². The summed E-state index contributed by atoms with van der Waals surface area (Å²) >= 11 is 5.96. The lowest BCUT2D eigenvalue weighted by molar-refractivity contribution is 0.590. The highest BCUT2D eigenvalue weighted by Crippen LogP contribution is 2.29. The third-order valence-electron chi connectivity index (χ3n) is 4.19. The lowest BCUT2D eigenvalue weighted by Gasteiger charge is -2.26. The minimum Gasteiger partial charge on any atom is -0.262 e. The van der Waals surface area contributed by atoms with Crippen LogP contribution in [-0.2, 0) is 16.6 Å². The number of hydrogen-bond acceptors (Lipinski definition) is 2. The van der Waals surface area contributed by atoms with Gasteiger partial charge in [-0.15, -0.1) is 0 Å². The smallest absolute Gasteiger partial charge is 0.262 e. The molecule has 26 heavy (non-hydrogen) atoms. The van der Waals surface area contributed by atoms with Crippen molar-refractivity contribution in [2.45, 2.75) is 25.3 Å².